The third kappa shape index (κ3) is 3.92. The zero-order valence-electron chi connectivity index (χ0n) is 10.8. The van der Waals surface area contributed by atoms with Gasteiger partial charge in [-0.1, -0.05) is 48.5 Å². The normalized spacial score (nSPS) is 12.0. The summed E-state index contributed by atoms with van der Waals surface area (Å²) >= 11 is 0. The summed E-state index contributed by atoms with van der Waals surface area (Å²) in [5.41, 5.74) is 0.907. The van der Waals surface area contributed by atoms with E-state index in [9.17, 15) is 18.0 Å². The van der Waals surface area contributed by atoms with Crippen LogP contribution < -0.4 is 5.43 Å². The number of carbonyl (C=O) groups excluding carboxylic acids is 1. The standard InChI is InChI=1S/C15H11F3N2O/c16-15(17,18)13(11-7-3-1-4-8-11)19-20-14(21)12-9-5-2-6-10-12/h1-10H,(H,20,21)/b19-13+. The maximum Gasteiger partial charge on any atom is 0.435 e. The van der Waals surface area contributed by atoms with Crippen molar-refractivity contribution in [1.29, 1.82) is 0 Å². The minimum atomic E-state index is -4.66. The van der Waals surface area contributed by atoms with E-state index < -0.39 is 17.8 Å². The zero-order valence-corrected chi connectivity index (χ0v) is 10.8. The van der Waals surface area contributed by atoms with Gasteiger partial charge in [-0.25, -0.2) is 5.43 Å². The van der Waals surface area contributed by atoms with Crippen molar-refractivity contribution < 1.29 is 18.0 Å². The summed E-state index contributed by atoms with van der Waals surface area (Å²) in [6.07, 6.45) is -4.66. The summed E-state index contributed by atoms with van der Waals surface area (Å²) < 4.78 is 38.9. The molecule has 0 aromatic heterocycles. The van der Waals surface area contributed by atoms with Gasteiger partial charge in [0.05, 0.1) is 0 Å². The molecule has 2 aromatic rings. The first-order valence-electron chi connectivity index (χ1n) is 6.04. The number of hydrogen-bond donors (Lipinski definition) is 1. The fraction of sp³-hybridized carbons (Fsp3) is 0.0667. The largest absolute Gasteiger partial charge is 0.435 e. The van der Waals surface area contributed by atoms with Crippen molar-refractivity contribution in [3.63, 3.8) is 0 Å². The van der Waals surface area contributed by atoms with Crippen molar-refractivity contribution >= 4 is 11.6 Å². The Kier molecular flexibility index (Phi) is 4.37. The Morgan fingerprint density at radius 3 is 1.81 bits per heavy atom. The van der Waals surface area contributed by atoms with E-state index in [2.05, 4.69) is 5.10 Å². The number of hydrazone groups is 1. The minimum absolute atomic E-state index is 0.113. The van der Waals surface area contributed by atoms with Gasteiger partial charge in [-0.05, 0) is 12.1 Å². The van der Waals surface area contributed by atoms with Crippen LogP contribution in [-0.4, -0.2) is 17.8 Å². The van der Waals surface area contributed by atoms with E-state index in [1.54, 1.807) is 24.3 Å². The SMILES string of the molecule is O=C(N/N=C(\c1ccccc1)C(F)(F)F)c1ccccc1. The van der Waals surface area contributed by atoms with E-state index in [-0.39, 0.29) is 11.1 Å². The highest BCUT2D eigenvalue weighted by Crippen LogP contribution is 2.22. The highest BCUT2D eigenvalue weighted by molar-refractivity contribution is 6.05. The van der Waals surface area contributed by atoms with E-state index in [0.29, 0.717) is 0 Å². The minimum Gasteiger partial charge on any atom is -0.267 e. The summed E-state index contributed by atoms with van der Waals surface area (Å²) in [5.74, 6) is -0.701. The second-order valence-electron chi connectivity index (χ2n) is 4.13. The topological polar surface area (TPSA) is 41.5 Å². The van der Waals surface area contributed by atoms with Crippen LogP contribution in [0.15, 0.2) is 65.8 Å². The molecule has 0 aliphatic rings. The van der Waals surface area contributed by atoms with E-state index in [1.807, 2.05) is 5.43 Å². The van der Waals surface area contributed by atoms with Crippen LogP contribution in [0.5, 0.6) is 0 Å². The molecule has 0 spiro atoms. The van der Waals surface area contributed by atoms with Gasteiger partial charge in [-0.2, -0.15) is 18.3 Å². The van der Waals surface area contributed by atoms with E-state index in [0.717, 1.165) is 0 Å². The molecule has 21 heavy (non-hydrogen) atoms. The summed E-state index contributed by atoms with van der Waals surface area (Å²) in [4.78, 5) is 11.7. The second kappa shape index (κ2) is 6.21. The first-order valence-corrected chi connectivity index (χ1v) is 6.04. The maximum absolute atomic E-state index is 13.0. The lowest BCUT2D eigenvalue weighted by atomic mass is 10.1. The Hall–Kier alpha value is -2.63. The fourth-order valence-corrected chi connectivity index (χ4v) is 1.65. The first kappa shape index (κ1) is 14.8. The molecule has 0 saturated heterocycles. The summed E-state index contributed by atoms with van der Waals surface area (Å²) in [5, 5.41) is 3.23. The van der Waals surface area contributed by atoms with Crippen molar-refractivity contribution in [2.75, 3.05) is 0 Å². The molecule has 0 aliphatic carbocycles. The molecular weight excluding hydrogens is 281 g/mol. The van der Waals surface area contributed by atoms with Crippen molar-refractivity contribution in [3.05, 3.63) is 71.8 Å². The van der Waals surface area contributed by atoms with E-state index >= 15 is 0 Å². The molecule has 1 amide bonds. The van der Waals surface area contributed by atoms with Crippen LogP contribution in [0.1, 0.15) is 15.9 Å². The third-order valence-corrected chi connectivity index (χ3v) is 2.62. The number of benzene rings is 2. The van der Waals surface area contributed by atoms with Crippen LogP contribution in [0, 0.1) is 0 Å². The number of amides is 1. The molecule has 0 bridgehead atoms. The van der Waals surface area contributed by atoms with Crippen LogP contribution in [0.3, 0.4) is 0 Å². The Morgan fingerprint density at radius 2 is 1.33 bits per heavy atom. The molecule has 0 saturated carbocycles. The Morgan fingerprint density at radius 1 is 0.857 bits per heavy atom. The van der Waals surface area contributed by atoms with Gasteiger partial charge >= 0.3 is 6.18 Å². The van der Waals surface area contributed by atoms with Gasteiger partial charge in [0.1, 0.15) is 0 Å². The fourth-order valence-electron chi connectivity index (χ4n) is 1.65. The average molecular weight is 292 g/mol. The van der Waals surface area contributed by atoms with Crippen LogP contribution in [-0.2, 0) is 0 Å². The smallest absolute Gasteiger partial charge is 0.267 e. The van der Waals surface area contributed by atoms with Gasteiger partial charge in [0.25, 0.3) is 5.91 Å². The lowest BCUT2D eigenvalue weighted by Gasteiger charge is -2.10. The first-order chi connectivity index (χ1) is 9.98. The molecule has 0 atom stereocenters. The van der Waals surface area contributed by atoms with Crippen LogP contribution in [0.4, 0.5) is 13.2 Å². The Bertz CT molecular complexity index is 637. The zero-order chi connectivity index (χ0) is 15.3. The molecule has 6 heteroatoms. The molecule has 2 rings (SSSR count). The van der Waals surface area contributed by atoms with E-state index in [4.69, 9.17) is 0 Å². The predicted molar refractivity (Wildman–Crippen MR) is 72.9 cm³/mol. The van der Waals surface area contributed by atoms with Gasteiger partial charge in [0.15, 0.2) is 5.71 Å². The molecule has 3 nitrogen and oxygen atoms in total. The molecule has 0 heterocycles. The number of hydrogen-bond acceptors (Lipinski definition) is 2. The molecule has 108 valence electrons. The van der Waals surface area contributed by atoms with Crippen molar-refractivity contribution in [1.82, 2.24) is 5.43 Å². The highest BCUT2D eigenvalue weighted by Gasteiger charge is 2.37. The van der Waals surface area contributed by atoms with Gasteiger partial charge < -0.3 is 0 Å². The van der Waals surface area contributed by atoms with Crippen LogP contribution >= 0.6 is 0 Å². The maximum atomic E-state index is 13.0. The van der Waals surface area contributed by atoms with Crippen molar-refractivity contribution in [2.24, 2.45) is 5.10 Å². The number of carbonyl (C=O) groups is 1. The molecule has 0 aliphatic heterocycles. The molecule has 0 unspecified atom stereocenters. The molecule has 1 N–H and O–H groups in total. The lowest BCUT2D eigenvalue weighted by molar-refractivity contribution is -0.0583. The summed E-state index contributed by atoms with van der Waals surface area (Å²) in [7, 11) is 0. The highest BCUT2D eigenvalue weighted by atomic mass is 19.4. The molecular formula is C15H11F3N2O. The predicted octanol–water partition coefficient (Wildman–Crippen LogP) is 3.38. The Labute approximate surface area is 119 Å². The molecule has 0 fully saturated rings. The number of halogens is 3. The number of rotatable bonds is 3. The Balaban J connectivity index is 2.25. The quantitative estimate of drug-likeness (QED) is 0.684. The monoisotopic (exact) mass is 292 g/mol. The van der Waals surface area contributed by atoms with Gasteiger partial charge in [0, 0.05) is 11.1 Å². The summed E-state index contributed by atoms with van der Waals surface area (Å²) in [6, 6.07) is 15.0. The third-order valence-electron chi connectivity index (χ3n) is 2.62. The lowest BCUT2D eigenvalue weighted by Crippen LogP contribution is -2.29. The van der Waals surface area contributed by atoms with Crippen LogP contribution in [0.25, 0.3) is 0 Å². The van der Waals surface area contributed by atoms with Gasteiger partial charge in [0.2, 0.25) is 0 Å². The number of nitrogens with one attached hydrogen (secondary N) is 1. The van der Waals surface area contributed by atoms with Gasteiger partial charge in [-0.3, -0.25) is 4.79 Å². The van der Waals surface area contributed by atoms with Gasteiger partial charge in [-0.15, -0.1) is 0 Å². The summed E-state index contributed by atoms with van der Waals surface area (Å²) in [6.45, 7) is 0. The number of alkyl halides is 3. The number of nitrogens with zero attached hydrogens (tertiary/aromatic N) is 1. The second-order valence-corrected chi connectivity index (χ2v) is 4.13. The van der Waals surface area contributed by atoms with Crippen molar-refractivity contribution in [2.45, 2.75) is 6.18 Å². The average Bonchev–Trinajstić information content (AvgIpc) is 2.48. The molecule has 0 radical (unpaired) electrons. The van der Waals surface area contributed by atoms with Crippen molar-refractivity contribution in [3.8, 4) is 0 Å². The molecule has 2 aromatic carbocycles. The van der Waals surface area contributed by atoms with Crippen LogP contribution in [0.2, 0.25) is 0 Å². The van der Waals surface area contributed by atoms with E-state index in [1.165, 1.54) is 36.4 Å².